The van der Waals surface area contributed by atoms with Crippen molar-refractivity contribution in [1.29, 1.82) is 0 Å². The zero-order valence-electron chi connectivity index (χ0n) is 13.2. The fraction of sp³-hybridized carbons (Fsp3) is 0.111. The van der Waals surface area contributed by atoms with Crippen LogP contribution < -0.4 is 5.32 Å². The zero-order valence-corrected chi connectivity index (χ0v) is 14.1. The Bertz CT molecular complexity index is 912. The van der Waals surface area contributed by atoms with Crippen LogP contribution in [0.5, 0.6) is 0 Å². The molecule has 2 aromatic carbocycles. The van der Waals surface area contributed by atoms with Crippen LogP contribution in [0.25, 0.3) is 4.96 Å². The third-order valence-electron chi connectivity index (χ3n) is 3.87. The first-order valence-electron chi connectivity index (χ1n) is 7.84. The van der Waals surface area contributed by atoms with Crippen LogP contribution in [-0.2, 0) is 11.3 Å². The van der Waals surface area contributed by atoms with Crippen LogP contribution in [0, 0.1) is 0 Å². The van der Waals surface area contributed by atoms with Gasteiger partial charge in [0.1, 0.15) is 11.3 Å². The fourth-order valence-electron chi connectivity index (χ4n) is 2.72. The lowest BCUT2D eigenvalue weighted by Gasteiger charge is -2.17. The number of carbonyl (C=O) groups is 1. The summed E-state index contributed by atoms with van der Waals surface area (Å²) >= 11 is 1.41. The van der Waals surface area contributed by atoms with E-state index < -0.39 is 0 Å². The number of hydrogen-bond acceptors (Lipinski definition) is 5. The molecule has 4 aromatic rings. The molecule has 25 heavy (non-hydrogen) atoms. The van der Waals surface area contributed by atoms with Gasteiger partial charge in [-0.25, -0.2) is 0 Å². The van der Waals surface area contributed by atoms with Crippen molar-refractivity contribution in [3.63, 3.8) is 0 Å². The Morgan fingerprint density at radius 3 is 2.28 bits per heavy atom. The predicted octanol–water partition coefficient (Wildman–Crippen LogP) is 2.63. The second kappa shape index (κ2) is 6.82. The number of carbonyl (C=O) groups excluding carboxylic acids is 1. The number of rotatable bonds is 5. The van der Waals surface area contributed by atoms with Gasteiger partial charge in [0.25, 0.3) is 0 Å². The first-order chi connectivity index (χ1) is 12.3. The SMILES string of the molecule is O=C(NCc1nn2cnnc2s1)C(c1ccccc1)c1ccccc1. The molecule has 2 heterocycles. The molecule has 0 fully saturated rings. The number of nitrogens with zero attached hydrogens (tertiary/aromatic N) is 4. The highest BCUT2D eigenvalue weighted by atomic mass is 32.1. The van der Waals surface area contributed by atoms with Crippen molar-refractivity contribution in [3.8, 4) is 0 Å². The second-order valence-electron chi connectivity index (χ2n) is 5.53. The molecule has 0 aliphatic carbocycles. The molecule has 0 saturated heterocycles. The van der Waals surface area contributed by atoms with Gasteiger partial charge in [-0.05, 0) is 11.1 Å². The Balaban J connectivity index is 1.56. The third-order valence-corrected chi connectivity index (χ3v) is 4.78. The summed E-state index contributed by atoms with van der Waals surface area (Å²) in [7, 11) is 0. The minimum absolute atomic E-state index is 0.0524. The Morgan fingerprint density at radius 1 is 1.04 bits per heavy atom. The quantitative estimate of drug-likeness (QED) is 0.601. The Morgan fingerprint density at radius 2 is 1.68 bits per heavy atom. The summed E-state index contributed by atoms with van der Waals surface area (Å²) in [4.78, 5) is 13.6. The van der Waals surface area contributed by atoms with Gasteiger partial charge in [0.05, 0.1) is 12.5 Å². The van der Waals surface area contributed by atoms with Gasteiger partial charge in [-0.3, -0.25) is 4.79 Å². The summed E-state index contributed by atoms with van der Waals surface area (Å²) < 4.78 is 1.61. The van der Waals surface area contributed by atoms with E-state index in [0.717, 1.165) is 16.1 Å². The molecule has 1 amide bonds. The van der Waals surface area contributed by atoms with Gasteiger partial charge in [0, 0.05) is 0 Å². The molecule has 0 aliphatic heterocycles. The molecule has 0 saturated carbocycles. The van der Waals surface area contributed by atoms with Crippen LogP contribution >= 0.6 is 11.3 Å². The van der Waals surface area contributed by atoms with E-state index in [9.17, 15) is 4.79 Å². The number of fused-ring (bicyclic) bond motifs is 1. The summed E-state index contributed by atoms with van der Waals surface area (Å²) in [6.07, 6.45) is 1.55. The molecular formula is C18H15N5OS. The molecule has 4 rings (SSSR count). The maximum atomic E-state index is 12.9. The summed E-state index contributed by atoms with van der Waals surface area (Å²) in [5.41, 5.74) is 1.92. The molecule has 6 nitrogen and oxygen atoms in total. The van der Waals surface area contributed by atoms with Crippen LogP contribution in [0.3, 0.4) is 0 Å². The molecular weight excluding hydrogens is 334 g/mol. The summed E-state index contributed by atoms with van der Waals surface area (Å²) in [5, 5.41) is 15.9. The van der Waals surface area contributed by atoms with Crippen molar-refractivity contribution in [2.24, 2.45) is 0 Å². The van der Waals surface area contributed by atoms with E-state index in [-0.39, 0.29) is 11.8 Å². The molecule has 1 N–H and O–H groups in total. The van der Waals surface area contributed by atoms with Gasteiger partial charge in [-0.1, -0.05) is 72.0 Å². The lowest BCUT2D eigenvalue weighted by atomic mass is 9.90. The van der Waals surface area contributed by atoms with E-state index in [1.807, 2.05) is 60.7 Å². The van der Waals surface area contributed by atoms with E-state index in [1.165, 1.54) is 11.3 Å². The van der Waals surface area contributed by atoms with Crippen LogP contribution in [0.15, 0.2) is 67.0 Å². The summed E-state index contributed by atoms with van der Waals surface area (Å²) in [5.74, 6) is -0.406. The molecule has 0 bridgehead atoms. The van der Waals surface area contributed by atoms with Gasteiger partial charge in [0.2, 0.25) is 10.9 Å². The van der Waals surface area contributed by atoms with Crippen LogP contribution in [0.2, 0.25) is 0 Å². The highest BCUT2D eigenvalue weighted by Crippen LogP contribution is 2.25. The van der Waals surface area contributed by atoms with Crippen molar-refractivity contribution in [1.82, 2.24) is 25.1 Å². The zero-order chi connectivity index (χ0) is 17.1. The van der Waals surface area contributed by atoms with Crippen molar-refractivity contribution >= 4 is 22.2 Å². The van der Waals surface area contributed by atoms with Gasteiger partial charge < -0.3 is 5.32 Å². The average Bonchev–Trinajstić information content (AvgIpc) is 3.24. The standard InChI is InChI=1S/C18H15N5OS/c24-17(19-11-15-22-23-12-20-21-18(23)25-15)16(13-7-3-1-4-8-13)14-9-5-2-6-10-14/h1-10,12,16H,11H2,(H,19,24). The Kier molecular flexibility index (Phi) is 4.22. The van der Waals surface area contributed by atoms with Gasteiger partial charge in [-0.15, -0.1) is 10.2 Å². The second-order valence-corrected chi connectivity index (χ2v) is 6.57. The van der Waals surface area contributed by atoms with Gasteiger partial charge >= 0.3 is 0 Å². The molecule has 0 unspecified atom stereocenters. The van der Waals surface area contributed by atoms with Crippen molar-refractivity contribution in [3.05, 3.63) is 83.1 Å². The Hall–Kier alpha value is -3.06. The minimum atomic E-state index is -0.354. The fourth-order valence-corrected chi connectivity index (χ4v) is 3.48. The normalized spacial score (nSPS) is 11.1. The number of amides is 1. The highest BCUT2D eigenvalue weighted by Gasteiger charge is 2.22. The van der Waals surface area contributed by atoms with E-state index >= 15 is 0 Å². The molecule has 0 radical (unpaired) electrons. The molecule has 0 spiro atoms. The first-order valence-corrected chi connectivity index (χ1v) is 8.66. The van der Waals surface area contributed by atoms with Crippen LogP contribution in [0.4, 0.5) is 0 Å². The molecule has 124 valence electrons. The third kappa shape index (κ3) is 3.27. The smallest absolute Gasteiger partial charge is 0.234 e. The first kappa shape index (κ1) is 15.5. The van der Waals surface area contributed by atoms with Crippen molar-refractivity contribution in [2.45, 2.75) is 12.5 Å². The predicted molar refractivity (Wildman–Crippen MR) is 95.2 cm³/mol. The van der Waals surface area contributed by atoms with Crippen molar-refractivity contribution in [2.75, 3.05) is 0 Å². The maximum absolute atomic E-state index is 12.9. The largest absolute Gasteiger partial charge is 0.349 e. The topological polar surface area (TPSA) is 72.2 Å². The molecule has 2 aromatic heterocycles. The van der Waals surface area contributed by atoms with Gasteiger partial charge in [0.15, 0.2) is 0 Å². The molecule has 7 heteroatoms. The van der Waals surface area contributed by atoms with Crippen LogP contribution in [0.1, 0.15) is 22.1 Å². The highest BCUT2D eigenvalue weighted by molar-refractivity contribution is 7.16. The van der Waals surface area contributed by atoms with E-state index in [1.54, 1.807) is 10.8 Å². The molecule has 0 aliphatic rings. The van der Waals surface area contributed by atoms with Gasteiger partial charge in [-0.2, -0.15) is 9.61 Å². The number of nitrogens with one attached hydrogen (secondary N) is 1. The Labute approximate surface area is 148 Å². The van der Waals surface area contributed by atoms with Crippen molar-refractivity contribution < 1.29 is 4.79 Å². The number of benzene rings is 2. The summed E-state index contributed by atoms with van der Waals surface area (Å²) in [6.45, 7) is 0.364. The minimum Gasteiger partial charge on any atom is -0.349 e. The molecule has 0 atom stereocenters. The monoisotopic (exact) mass is 349 g/mol. The maximum Gasteiger partial charge on any atom is 0.234 e. The van der Waals surface area contributed by atoms with E-state index in [0.29, 0.717) is 11.5 Å². The van der Waals surface area contributed by atoms with E-state index in [4.69, 9.17) is 0 Å². The lowest BCUT2D eigenvalue weighted by Crippen LogP contribution is -2.29. The van der Waals surface area contributed by atoms with Crippen LogP contribution in [-0.4, -0.2) is 25.7 Å². The summed E-state index contributed by atoms with van der Waals surface area (Å²) in [6, 6.07) is 19.6. The lowest BCUT2D eigenvalue weighted by molar-refractivity contribution is -0.121. The number of aromatic nitrogens is 4. The number of hydrogen-bond donors (Lipinski definition) is 1. The van der Waals surface area contributed by atoms with E-state index in [2.05, 4.69) is 20.6 Å². The average molecular weight is 349 g/mol.